The maximum atomic E-state index is 12.1. The molecule has 2 rings (SSSR count). The van der Waals surface area contributed by atoms with Crippen molar-refractivity contribution >= 4 is 11.6 Å². The first kappa shape index (κ1) is 12.8. The van der Waals surface area contributed by atoms with Crippen LogP contribution in [0, 0.1) is 6.92 Å². The number of aryl methyl sites for hydroxylation is 1. The van der Waals surface area contributed by atoms with Crippen molar-refractivity contribution < 1.29 is 9.53 Å². The first-order valence-electron chi connectivity index (χ1n) is 6.21. The lowest BCUT2D eigenvalue weighted by Crippen LogP contribution is -2.41. The number of hydrogen-bond donors (Lipinski definition) is 2. The predicted octanol–water partition coefficient (Wildman–Crippen LogP) is 1.27. The average Bonchev–Trinajstić information content (AvgIpc) is 2.28. The van der Waals surface area contributed by atoms with Gasteiger partial charge in [-0.05, 0) is 32.8 Å². The van der Waals surface area contributed by atoms with Crippen LogP contribution in [0.3, 0.4) is 0 Å². The second-order valence-corrected chi connectivity index (χ2v) is 4.79. The Balaban J connectivity index is 2.03. The van der Waals surface area contributed by atoms with E-state index >= 15 is 0 Å². The third kappa shape index (κ3) is 2.98. The first-order chi connectivity index (χ1) is 8.56. The highest BCUT2D eigenvalue weighted by atomic mass is 16.5. The summed E-state index contributed by atoms with van der Waals surface area (Å²) < 4.78 is 5.45. The Kier molecular flexibility index (Phi) is 3.81. The minimum Gasteiger partial charge on any atom is -0.398 e. The van der Waals surface area contributed by atoms with Crippen molar-refractivity contribution in [2.45, 2.75) is 38.8 Å². The lowest BCUT2D eigenvalue weighted by molar-refractivity contribution is 0.0137. The van der Waals surface area contributed by atoms with Crippen LogP contribution in [0.25, 0.3) is 0 Å². The van der Waals surface area contributed by atoms with Gasteiger partial charge in [-0.3, -0.25) is 9.78 Å². The van der Waals surface area contributed by atoms with E-state index in [4.69, 9.17) is 10.5 Å². The lowest BCUT2D eigenvalue weighted by atomic mass is 10.0. The minimum absolute atomic E-state index is 0.154. The van der Waals surface area contributed by atoms with Gasteiger partial charge in [0.1, 0.15) is 0 Å². The number of nitrogens with zero attached hydrogens (tertiary/aromatic N) is 1. The van der Waals surface area contributed by atoms with Gasteiger partial charge < -0.3 is 15.8 Å². The summed E-state index contributed by atoms with van der Waals surface area (Å²) in [4.78, 5) is 16.2. The van der Waals surface area contributed by atoms with E-state index in [1.54, 1.807) is 6.07 Å². The van der Waals surface area contributed by atoms with Crippen LogP contribution >= 0.6 is 0 Å². The molecule has 98 valence electrons. The lowest BCUT2D eigenvalue weighted by Gasteiger charge is -2.28. The largest absolute Gasteiger partial charge is 0.398 e. The molecule has 2 unspecified atom stereocenters. The summed E-state index contributed by atoms with van der Waals surface area (Å²) >= 11 is 0. The molecule has 18 heavy (non-hydrogen) atoms. The van der Waals surface area contributed by atoms with Crippen molar-refractivity contribution in [3.8, 4) is 0 Å². The molecule has 5 nitrogen and oxygen atoms in total. The normalized spacial score (nSPS) is 23.7. The van der Waals surface area contributed by atoms with Gasteiger partial charge in [0.2, 0.25) is 0 Å². The number of carbonyl (C=O) groups is 1. The summed E-state index contributed by atoms with van der Waals surface area (Å²) in [5.41, 5.74) is 7.55. The van der Waals surface area contributed by atoms with E-state index in [2.05, 4.69) is 10.3 Å². The zero-order valence-corrected chi connectivity index (χ0v) is 10.8. The monoisotopic (exact) mass is 249 g/mol. The van der Waals surface area contributed by atoms with E-state index in [1.165, 1.54) is 6.20 Å². The number of nitrogens with two attached hydrogens (primary N) is 1. The molecular weight excluding hydrogens is 230 g/mol. The molecule has 0 aromatic carbocycles. The molecule has 3 N–H and O–H groups in total. The highest BCUT2D eigenvalue weighted by molar-refractivity contribution is 5.98. The van der Waals surface area contributed by atoms with Crippen LogP contribution in [-0.4, -0.2) is 29.6 Å². The Hall–Kier alpha value is -1.62. The maximum absolute atomic E-state index is 12.1. The summed E-state index contributed by atoms with van der Waals surface area (Å²) in [6.45, 7) is 4.55. The van der Waals surface area contributed by atoms with E-state index in [-0.39, 0.29) is 18.1 Å². The number of carbonyl (C=O) groups excluding carboxylic acids is 1. The third-order valence-corrected chi connectivity index (χ3v) is 3.14. The van der Waals surface area contributed by atoms with Crippen LogP contribution in [-0.2, 0) is 4.74 Å². The summed E-state index contributed by atoms with van der Waals surface area (Å²) in [6, 6.07) is 1.86. The van der Waals surface area contributed by atoms with Crippen LogP contribution < -0.4 is 11.1 Å². The Labute approximate surface area is 107 Å². The molecule has 1 saturated heterocycles. The summed E-state index contributed by atoms with van der Waals surface area (Å²) in [6.07, 6.45) is 3.40. The molecule has 0 bridgehead atoms. The second-order valence-electron chi connectivity index (χ2n) is 4.79. The number of nitrogens with one attached hydrogen (secondary N) is 1. The Morgan fingerprint density at radius 2 is 2.39 bits per heavy atom. The van der Waals surface area contributed by atoms with Gasteiger partial charge in [-0.2, -0.15) is 0 Å². The number of ether oxygens (including phenoxy) is 1. The molecular formula is C13H19N3O2. The maximum Gasteiger partial charge on any atom is 0.255 e. The Morgan fingerprint density at radius 1 is 1.61 bits per heavy atom. The topological polar surface area (TPSA) is 77.2 Å². The highest BCUT2D eigenvalue weighted by Crippen LogP contribution is 2.16. The van der Waals surface area contributed by atoms with Crippen LogP contribution in [0.4, 0.5) is 5.69 Å². The Bertz CT molecular complexity index is 448. The second kappa shape index (κ2) is 5.35. The minimum atomic E-state index is -0.154. The van der Waals surface area contributed by atoms with Crippen molar-refractivity contribution in [3.63, 3.8) is 0 Å². The standard InChI is InChI=1S/C13H19N3O2/c1-8-5-12(14)11(7-15-8)13(17)16-10-3-4-18-9(2)6-10/h5,7,9-10H,3-4,6H2,1-2H3,(H2,14,15)(H,16,17). The first-order valence-corrected chi connectivity index (χ1v) is 6.21. The molecule has 1 amide bonds. The molecule has 1 aromatic heterocycles. The fourth-order valence-corrected chi connectivity index (χ4v) is 2.16. The molecule has 2 atom stereocenters. The summed E-state index contributed by atoms with van der Waals surface area (Å²) in [5.74, 6) is -0.154. The molecule has 1 aromatic rings. The number of amides is 1. The van der Waals surface area contributed by atoms with Gasteiger partial charge >= 0.3 is 0 Å². The average molecular weight is 249 g/mol. The number of anilines is 1. The Morgan fingerprint density at radius 3 is 3.06 bits per heavy atom. The molecule has 0 radical (unpaired) electrons. The van der Waals surface area contributed by atoms with Crippen molar-refractivity contribution in [1.82, 2.24) is 10.3 Å². The smallest absolute Gasteiger partial charge is 0.255 e. The predicted molar refractivity (Wildman–Crippen MR) is 69.3 cm³/mol. The van der Waals surface area contributed by atoms with E-state index in [9.17, 15) is 4.79 Å². The third-order valence-electron chi connectivity index (χ3n) is 3.14. The SMILES string of the molecule is Cc1cc(N)c(C(=O)NC2CCOC(C)C2)cn1. The quantitative estimate of drug-likeness (QED) is 0.827. The summed E-state index contributed by atoms with van der Waals surface area (Å²) in [7, 11) is 0. The fraction of sp³-hybridized carbons (Fsp3) is 0.538. The molecule has 5 heteroatoms. The number of rotatable bonds is 2. The van der Waals surface area contributed by atoms with Crippen molar-refractivity contribution in [2.75, 3.05) is 12.3 Å². The van der Waals surface area contributed by atoms with Gasteiger partial charge in [0, 0.05) is 30.2 Å². The van der Waals surface area contributed by atoms with Crippen molar-refractivity contribution in [3.05, 3.63) is 23.5 Å². The molecule has 0 spiro atoms. The highest BCUT2D eigenvalue weighted by Gasteiger charge is 2.22. The number of nitrogen functional groups attached to an aromatic ring is 1. The number of pyridine rings is 1. The van der Waals surface area contributed by atoms with Crippen molar-refractivity contribution in [2.24, 2.45) is 0 Å². The molecule has 1 aliphatic rings. The van der Waals surface area contributed by atoms with Gasteiger partial charge in [0.15, 0.2) is 0 Å². The molecule has 0 aliphatic carbocycles. The summed E-state index contributed by atoms with van der Waals surface area (Å²) in [5, 5.41) is 2.99. The van der Waals surface area contributed by atoms with Gasteiger partial charge in [-0.15, -0.1) is 0 Å². The fourth-order valence-electron chi connectivity index (χ4n) is 2.16. The molecule has 1 fully saturated rings. The van der Waals surface area contributed by atoms with Crippen LogP contribution in [0.15, 0.2) is 12.3 Å². The van der Waals surface area contributed by atoms with Gasteiger partial charge in [-0.25, -0.2) is 0 Å². The van der Waals surface area contributed by atoms with E-state index in [0.29, 0.717) is 17.9 Å². The molecule has 0 saturated carbocycles. The van der Waals surface area contributed by atoms with Gasteiger partial charge in [0.25, 0.3) is 5.91 Å². The van der Waals surface area contributed by atoms with Crippen LogP contribution in [0.1, 0.15) is 35.8 Å². The van der Waals surface area contributed by atoms with Crippen LogP contribution in [0.5, 0.6) is 0 Å². The van der Waals surface area contributed by atoms with E-state index in [0.717, 1.165) is 18.5 Å². The molecule has 2 heterocycles. The molecule has 1 aliphatic heterocycles. The van der Waals surface area contributed by atoms with Gasteiger partial charge in [-0.1, -0.05) is 0 Å². The number of hydrogen-bond acceptors (Lipinski definition) is 4. The van der Waals surface area contributed by atoms with Gasteiger partial charge in [0.05, 0.1) is 11.7 Å². The van der Waals surface area contributed by atoms with E-state index in [1.807, 2.05) is 13.8 Å². The number of aromatic nitrogens is 1. The van der Waals surface area contributed by atoms with Crippen LogP contribution in [0.2, 0.25) is 0 Å². The zero-order valence-electron chi connectivity index (χ0n) is 10.8. The van der Waals surface area contributed by atoms with E-state index < -0.39 is 0 Å². The zero-order chi connectivity index (χ0) is 13.1. The van der Waals surface area contributed by atoms with Crippen molar-refractivity contribution in [1.29, 1.82) is 0 Å².